The number of anilines is 2. The molecule has 7 heteroatoms. The largest absolute Gasteiger partial charge is 0.435 e. The van der Waals surface area contributed by atoms with Gasteiger partial charge in [0.25, 0.3) is 0 Å². The van der Waals surface area contributed by atoms with Crippen LogP contribution in [0.4, 0.5) is 20.3 Å². The molecule has 0 aliphatic rings. The van der Waals surface area contributed by atoms with Gasteiger partial charge >= 0.3 is 6.61 Å². The molecule has 5 nitrogen and oxygen atoms in total. The molecule has 116 valence electrons. The minimum absolute atomic E-state index is 0.0609. The number of hydrogen-bond donors (Lipinski definition) is 1. The third-order valence-corrected chi connectivity index (χ3v) is 2.55. The van der Waals surface area contributed by atoms with Gasteiger partial charge in [-0.3, -0.25) is 0 Å². The molecular formula is C15H15F2N3O2. The summed E-state index contributed by atoms with van der Waals surface area (Å²) in [6, 6.07) is 9.63. The van der Waals surface area contributed by atoms with Gasteiger partial charge < -0.3 is 14.6 Å². The number of alkyl halides is 2. The lowest BCUT2D eigenvalue weighted by molar-refractivity contribution is -0.0497. The van der Waals surface area contributed by atoms with Crippen molar-refractivity contribution in [1.29, 1.82) is 0 Å². The number of aromatic nitrogens is 2. The molecule has 1 N–H and O–H groups in total. The molecule has 0 spiro atoms. The van der Waals surface area contributed by atoms with Gasteiger partial charge in [0.2, 0.25) is 5.82 Å². The first-order chi connectivity index (χ1) is 10.7. The van der Waals surface area contributed by atoms with Crippen molar-refractivity contribution in [1.82, 2.24) is 10.1 Å². The molecule has 0 atom stereocenters. The maximum Gasteiger partial charge on any atom is 0.387 e. The Labute approximate surface area is 125 Å². The molecule has 3 rings (SSSR count). The van der Waals surface area contributed by atoms with Gasteiger partial charge in [-0.2, -0.15) is 8.78 Å². The van der Waals surface area contributed by atoms with Crippen molar-refractivity contribution < 1.29 is 18.0 Å². The van der Waals surface area contributed by atoms with E-state index in [9.17, 15) is 8.78 Å². The zero-order valence-corrected chi connectivity index (χ0v) is 12.1. The van der Waals surface area contributed by atoms with E-state index in [0.29, 0.717) is 22.6 Å². The number of ether oxygens (including phenoxy) is 1. The van der Waals surface area contributed by atoms with E-state index in [-0.39, 0.29) is 5.75 Å². The second-order valence-electron chi connectivity index (χ2n) is 3.91. The number of halogens is 2. The van der Waals surface area contributed by atoms with E-state index in [1.54, 1.807) is 30.5 Å². The summed E-state index contributed by atoms with van der Waals surface area (Å²) in [4.78, 5) is 4.14. The van der Waals surface area contributed by atoms with E-state index < -0.39 is 6.61 Å². The van der Waals surface area contributed by atoms with Crippen molar-refractivity contribution in [3.05, 3.63) is 42.6 Å². The van der Waals surface area contributed by atoms with Crippen LogP contribution in [0.25, 0.3) is 11.1 Å². The van der Waals surface area contributed by atoms with E-state index in [4.69, 9.17) is 4.52 Å². The van der Waals surface area contributed by atoms with Crippen LogP contribution in [0.5, 0.6) is 5.75 Å². The van der Waals surface area contributed by atoms with Gasteiger partial charge in [-0.25, -0.2) is 4.98 Å². The third-order valence-electron chi connectivity index (χ3n) is 2.55. The average molecular weight is 307 g/mol. The Kier molecular flexibility index (Phi) is 5.24. The smallest absolute Gasteiger partial charge is 0.387 e. The summed E-state index contributed by atoms with van der Waals surface area (Å²) in [6.45, 7) is 1.14. The Morgan fingerprint density at radius 2 is 2.00 bits per heavy atom. The van der Waals surface area contributed by atoms with Crippen LogP contribution < -0.4 is 10.1 Å². The predicted octanol–water partition coefficient (Wildman–Crippen LogP) is 4.59. The summed E-state index contributed by atoms with van der Waals surface area (Å²) >= 11 is 0. The number of benzene rings is 1. The zero-order valence-electron chi connectivity index (χ0n) is 12.1. The van der Waals surface area contributed by atoms with Crippen molar-refractivity contribution in [2.24, 2.45) is 0 Å². The van der Waals surface area contributed by atoms with Crippen molar-refractivity contribution in [3.8, 4) is 5.75 Å². The quantitative estimate of drug-likeness (QED) is 0.763. The highest BCUT2D eigenvalue weighted by Gasteiger charge is 2.10. The normalized spacial score (nSPS) is 10.2. The first-order valence-electron chi connectivity index (χ1n) is 6.75. The van der Waals surface area contributed by atoms with Crippen LogP contribution in [0.1, 0.15) is 13.8 Å². The zero-order chi connectivity index (χ0) is 15.9. The first-order valence-corrected chi connectivity index (χ1v) is 6.75. The molecule has 2 aromatic heterocycles. The minimum atomic E-state index is -2.86. The van der Waals surface area contributed by atoms with E-state index in [1.807, 2.05) is 13.8 Å². The topological polar surface area (TPSA) is 60.2 Å². The van der Waals surface area contributed by atoms with Crippen molar-refractivity contribution in [2.75, 3.05) is 5.32 Å². The summed E-state index contributed by atoms with van der Waals surface area (Å²) in [6.07, 6.45) is 1.61. The molecule has 0 fully saturated rings. The lowest BCUT2D eigenvalue weighted by atomic mass is 10.3. The van der Waals surface area contributed by atoms with Crippen LogP contribution >= 0.6 is 0 Å². The Bertz CT molecular complexity index is 731. The Morgan fingerprint density at radius 1 is 1.18 bits per heavy atom. The highest BCUT2D eigenvalue weighted by atomic mass is 19.3. The molecule has 0 bridgehead atoms. The minimum Gasteiger partial charge on any atom is -0.435 e. The van der Waals surface area contributed by atoms with Crippen LogP contribution in [0, 0.1) is 0 Å². The molecule has 0 saturated carbocycles. The number of rotatable bonds is 4. The Hall–Kier alpha value is -2.70. The Balaban J connectivity index is 0.000000847. The van der Waals surface area contributed by atoms with Gasteiger partial charge in [-0.15, -0.1) is 0 Å². The number of nitrogens with zero attached hydrogens (tertiary/aromatic N) is 2. The van der Waals surface area contributed by atoms with E-state index in [1.165, 1.54) is 12.1 Å². The molecule has 0 radical (unpaired) electrons. The van der Waals surface area contributed by atoms with Gasteiger partial charge in [-0.05, 0) is 24.3 Å². The summed E-state index contributed by atoms with van der Waals surface area (Å²) in [7, 11) is 0. The third kappa shape index (κ3) is 3.69. The maximum atomic E-state index is 12.2. The number of hydrogen-bond acceptors (Lipinski definition) is 5. The molecule has 2 heterocycles. The van der Waals surface area contributed by atoms with Gasteiger partial charge in [0, 0.05) is 18.0 Å². The van der Waals surface area contributed by atoms with Crippen LogP contribution in [-0.4, -0.2) is 16.8 Å². The van der Waals surface area contributed by atoms with E-state index >= 15 is 0 Å². The predicted molar refractivity (Wildman–Crippen MR) is 79.5 cm³/mol. The van der Waals surface area contributed by atoms with Gasteiger partial charge in [0.05, 0.1) is 0 Å². The van der Waals surface area contributed by atoms with Crippen molar-refractivity contribution in [3.63, 3.8) is 0 Å². The van der Waals surface area contributed by atoms with E-state index in [2.05, 4.69) is 20.2 Å². The van der Waals surface area contributed by atoms with Crippen molar-refractivity contribution in [2.45, 2.75) is 20.5 Å². The number of nitrogens with one attached hydrogen (secondary N) is 1. The lowest BCUT2D eigenvalue weighted by Gasteiger charge is -2.07. The molecule has 3 aromatic rings. The van der Waals surface area contributed by atoms with Gasteiger partial charge in [0.15, 0.2) is 11.1 Å². The first kappa shape index (κ1) is 15.7. The number of fused-ring (bicyclic) bond motifs is 1. The molecule has 0 unspecified atom stereocenters. The standard InChI is InChI=1S/C13H9F2N3O2.C2H6/c14-13(15)19-9-4-1-3-8(7-9)17-12-11-10(20-18-12)5-2-6-16-11;1-2/h1-7,13H,(H,17,18);1-2H3. The summed E-state index contributed by atoms with van der Waals surface area (Å²) < 4.78 is 33.7. The van der Waals surface area contributed by atoms with Crippen LogP contribution in [0.15, 0.2) is 47.1 Å². The fourth-order valence-corrected chi connectivity index (χ4v) is 1.75. The van der Waals surface area contributed by atoms with Crippen LogP contribution in [0.3, 0.4) is 0 Å². The molecular weight excluding hydrogens is 292 g/mol. The molecule has 22 heavy (non-hydrogen) atoms. The van der Waals surface area contributed by atoms with Crippen molar-refractivity contribution >= 4 is 22.6 Å². The van der Waals surface area contributed by atoms with Crippen LogP contribution in [0.2, 0.25) is 0 Å². The average Bonchev–Trinajstić information content (AvgIpc) is 2.92. The summed E-state index contributed by atoms with van der Waals surface area (Å²) in [5.41, 5.74) is 1.65. The molecule has 0 aliphatic carbocycles. The van der Waals surface area contributed by atoms with Crippen LogP contribution in [-0.2, 0) is 0 Å². The summed E-state index contributed by atoms with van der Waals surface area (Å²) in [5.74, 6) is 0.473. The molecule has 0 amide bonds. The fraction of sp³-hybridized carbons (Fsp3) is 0.200. The van der Waals surface area contributed by atoms with E-state index in [0.717, 1.165) is 0 Å². The molecule has 0 aliphatic heterocycles. The highest BCUT2D eigenvalue weighted by molar-refractivity contribution is 5.85. The molecule has 1 aromatic carbocycles. The van der Waals surface area contributed by atoms with Gasteiger partial charge in [0.1, 0.15) is 5.75 Å². The highest BCUT2D eigenvalue weighted by Crippen LogP contribution is 2.26. The SMILES string of the molecule is CC.FC(F)Oc1cccc(Nc2noc3cccnc23)c1. The fourth-order valence-electron chi connectivity index (χ4n) is 1.75. The second kappa shape index (κ2) is 7.35. The molecule has 0 saturated heterocycles. The van der Waals surface area contributed by atoms with Gasteiger partial charge in [-0.1, -0.05) is 25.1 Å². The second-order valence-corrected chi connectivity index (χ2v) is 3.91. The monoisotopic (exact) mass is 307 g/mol. The number of pyridine rings is 1. The Morgan fingerprint density at radius 3 is 2.77 bits per heavy atom. The maximum absolute atomic E-state index is 12.2. The summed E-state index contributed by atoms with van der Waals surface area (Å²) in [5, 5.41) is 6.79. The lowest BCUT2D eigenvalue weighted by Crippen LogP contribution is -2.02.